The van der Waals surface area contributed by atoms with Crippen LogP contribution in [0.25, 0.3) is 0 Å². The van der Waals surface area contributed by atoms with Crippen LogP contribution in [0.5, 0.6) is 0 Å². The van der Waals surface area contributed by atoms with E-state index >= 15 is 0 Å². The Morgan fingerprint density at radius 2 is 2.00 bits per heavy atom. The number of hydrogen-bond acceptors (Lipinski definition) is 9. The van der Waals surface area contributed by atoms with E-state index in [1.165, 1.54) is 4.90 Å². The van der Waals surface area contributed by atoms with E-state index < -0.39 is 27.2 Å². The zero-order valence-corrected chi connectivity index (χ0v) is 17.4. The third-order valence-corrected chi connectivity index (χ3v) is 8.37. The minimum Gasteiger partial charge on any atom is -0.416 e. The summed E-state index contributed by atoms with van der Waals surface area (Å²) in [6, 6.07) is 0. The standard InChI is InChI=1S/C17H22N4O6S2/c22-12-8-21(17(15(24)18-12)5-2-1-3-6-17)13(23)9-28-16-20-19-14(27-16)11-4-7-29(25,26)10-11/h11H,1-10H2,(H,18,22,24)/t11-/m1/s1. The van der Waals surface area contributed by atoms with Crippen LogP contribution >= 0.6 is 11.8 Å². The van der Waals surface area contributed by atoms with Gasteiger partial charge in [-0.2, -0.15) is 0 Å². The molecule has 1 spiro atoms. The molecule has 10 nitrogen and oxygen atoms in total. The smallest absolute Gasteiger partial charge is 0.277 e. The lowest BCUT2D eigenvalue weighted by atomic mass is 9.78. The molecule has 1 aromatic rings. The summed E-state index contributed by atoms with van der Waals surface area (Å²) in [5.41, 5.74) is -0.956. The van der Waals surface area contributed by atoms with Crippen molar-refractivity contribution in [1.29, 1.82) is 0 Å². The van der Waals surface area contributed by atoms with E-state index in [4.69, 9.17) is 4.42 Å². The van der Waals surface area contributed by atoms with E-state index in [9.17, 15) is 22.8 Å². The van der Waals surface area contributed by atoms with Crippen LogP contribution in [0.2, 0.25) is 0 Å². The quantitative estimate of drug-likeness (QED) is 0.513. The summed E-state index contributed by atoms with van der Waals surface area (Å²) < 4.78 is 28.7. The van der Waals surface area contributed by atoms with Crippen LogP contribution in [0.4, 0.5) is 0 Å². The van der Waals surface area contributed by atoms with E-state index in [1.807, 2.05) is 0 Å². The normalized spacial score (nSPS) is 25.9. The first kappa shape index (κ1) is 20.3. The Kier molecular flexibility index (Phi) is 5.40. The Morgan fingerprint density at radius 3 is 2.69 bits per heavy atom. The number of rotatable bonds is 4. The first-order valence-electron chi connectivity index (χ1n) is 9.60. The molecule has 158 valence electrons. The number of sulfone groups is 1. The van der Waals surface area contributed by atoms with Crippen molar-refractivity contribution in [2.24, 2.45) is 0 Å². The molecule has 1 N–H and O–H groups in total. The maximum atomic E-state index is 12.9. The highest BCUT2D eigenvalue weighted by molar-refractivity contribution is 7.99. The summed E-state index contributed by atoms with van der Waals surface area (Å²) in [5, 5.41) is 10.4. The van der Waals surface area contributed by atoms with Gasteiger partial charge in [-0.3, -0.25) is 19.7 Å². The van der Waals surface area contributed by atoms with Gasteiger partial charge in [0, 0.05) is 0 Å². The number of aromatic nitrogens is 2. The highest BCUT2D eigenvalue weighted by atomic mass is 32.2. The highest BCUT2D eigenvalue weighted by Crippen LogP contribution is 2.36. The van der Waals surface area contributed by atoms with Gasteiger partial charge >= 0.3 is 0 Å². The van der Waals surface area contributed by atoms with Crippen LogP contribution in [0, 0.1) is 0 Å². The lowest BCUT2D eigenvalue weighted by Crippen LogP contribution is -2.69. The first-order chi connectivity index (χ1) is 13.8. The van der Waals surface area contributed by atoms with Crippen molar-refractivity contribution in [2.75, 3.05) is 23.8 Å². The minimum absolute atomic E-state index is 0.00818. The second-order valence-corrected chi connectivity index (χ2v) is 10.9. The zero-order valence-electron chi connectivity index (χ0n) is 15.8. The van der Waals surface area contributed by atoms with Crippen LogP contribution in [0.15, 0.2) is 9.64 Å². The van der Waals surface area contributed by atoms with Crippen LogP contribution in [0.3, 0.4) is 0 Å². The van der Waals surface area contributed by atoms with E-state index in [1.54, 1.807) is 0 Å². The minimum atomic E-state index is -3.07. The molecule has 0 radical (unpaired) electrons. The number of hydrogen-bond donors (Lipinski definition) is 1. The number of nitrogens with one attached hydrogen (secondary N) is 1. The zero-order chi connectivity index (χ0) is 20.6. The largest absolute Gasteiger partial charge is 0.416 e. The van der Waals surface area contributed by atoms with Crippen molar-refractivity contribution >= 4 is 39.3 Å². The molecule has 2 saturated heterocycles. The third kappa shape index (κ3) is 4.04. The predicted molar refractivity (Wildman–Crippen MR) is 102 cm³/mol. The predicted octanol–water partition coefficient (Wildman–Crippen LogP) is 0.252. The maximum absolute atomic E-state index is 12.9. The molecule has 1 saturated carbocycles. The van der Waals surface area contributed by atoms with Crippen LogP contribution < -0.4 is 5.32 Å². The summed E-state index contributed by atoms with van der Waals surface area (Å²) >= 11 is 1.03. The lowest BCUT2D eigenvalue weighted by Gasteiger charge is -2.47. The molecule has 4 rings (SSSR count). The molecular formula is C17H22N4O6S2. The molecule has 1 aliphatic carbocycles. The van der Waals surface area contributed by atoms with Crippen LogP contribution in [0.1, 0.15) is 50.3 Å². The molecule has 3 amide bonds. The fourth-order valence-corrected chi connectivity index (χ4v) is 6.67. The van der Waals surface area contributed by atoms with Crippen molar-refractivity contribution in [3.05, 3.63) is 5.89 Å². The fraction of sp³-hybridized carbons (Fsp3) is 0.706. The van der Waals surface area contributed by atoms with Gasteiger partial charge in [0.2, 0.25) is 17.7 Å². The Balaban J connectivity index is 1.42. The molecule has 12 heteroatoms. The average Bonchev–Trinajstić information content (AvgIpc) is 3.30. The second kappa shape index (κ2) is 7.71. The van der Waals surface area contributed by atoms with E-state index in [-0.39, 0.29) is 46.7 Å². The monoisotopic (exact) mass is 442 g/mol. The number of carbonyl (C=O) groups excluding carboxylic acids is 3. The van der Waals surface area contributed by atoms with Gasteiger partial charge in [0.25, 0.3) is 11.1 Å². The highest BCUT2D eigenvalue weighted by Gasteiger charge is 2.50. The van der Waals surface area contributed by atoms with E-state index in [2.05, 4.69) is 15.5 Å². The molecule has 1 aromatic heterocycles. The van der Waals surface area contributed by atoms with Crippen molar-refractivity contribution in [2.45, 2.75) is 55.2 Å². The van der Waals surface area contributed by atoms with Gasteiger partial charge < -0.3 is 9.32 Å². The average molecular weight is 443 g/mol. The molecule has 0 bridgehead atoms. The molecule has 2 aliphatic heterocycles. The number of thioether (sulfide) groups is 1. The van der Waals surface area contributed by atoms with E-state index in [0.29, 0.717) is 19.3 Å². The van der Waals surface area contributed by atoms with Crippen molar-refractivity contribution in [3.8, 4) is 0 Å². The number of nitrogens with zero attached hydrogens (tertiary/aromatic N) is 3. The molecule has 1 atom stereocenters. The first-order valence-corrected chi connectivity index (χ1v) is 12.4. The topological polar surface area (TPSA) is 140 Å². The van der Waals surface area contributed by atoms with Crippen LogP contribution in [-0.4, -0.2) is 70.6 Å². The Hall–Kier alpha value is -1.95. The van der Waals surface area contributed by atoms with Gasteiger partial charge in [0.05, 0.1) is 23.2 Å². The molecule has 3 fully saturated rings. The molecule has 0 unspecified atom stereocenters. The van der Waals surface area contributed by atoms with Gasteiger partial charge in [0.1, 0.15) is 12.1 Å². The van der Waals surface area contributed by atoms with Crippen molar-refractivity contribution < 1.29 is 27.2 Å². The maximum Gasteiger partial charge on any atom is 0.277 e. The Bertz CT molecular complexity index is 937. The number of carbonyl (C=O) groups is 3. The van der Waals surface area contributed by atoms with Gasteiger partial charge in [-0.1, -0.05) is 31.0 Å². The lowest BCUT2D eigenvalue weighted by molar-refractivity contribution is -0.158. The van der Waals surface area contributed by atoms with Crippen molar-refractivity contribution in [3.63, 3.8) is 0 Å². The third-order valence-electron chi connectivity index (χ3n) is 5.80. The van der Waals surface area contributed by atoms with Gasteiger partial charge in [0.15, 0.2) is 9.84 Å². The number of amides is 3. The Morgan fingerprint density at radius 1 is 1.24 bits per heavy atom. The molecule has 29 heavy (non-hydrogen) atoms. The fourth-order valence-electron chi connectivity index (χ4n) is 4.30. The van der Waals surface area contributed by atoms with Gasteiger partial charge in [-0.05, 0) is 19.3 Å². The summed E-state index contributed by atoms with van der Waals surface area (Å²) in [4.78, 5) is 38.7. The summed E-state index contributed by atoms with van der Waals surface area (Å²) in [6.45, 7) is -0.139. The Labute approximate surface area is 172 Å². The molecule has 3 aliphatic rings. The van der Waals surface area contributed by atoms with Gasteiger partial charge in [-0.25, -0.2) is 8.42 Å². The summed E-state index contributed by atoms with van der Waals surface area (Å²) in [5.74, 6) is -1.21. The van der Waals surface area contributed by atoms with Crippen LogP contribution in [-0.2, 0) is 24.2 Å². The van der Waals surface area contributed by atoms with E-state index in [0.717, 1.165) is 31.0 Å². The summed E-state index contributed by atoms with van der Waals surface area (Å²) in [6.07, 6.45) is 4.20. The summed E-state index contributed by atoms with van der Waals surface area (Å²) in [7, 11) is -3.07. The molecule has 0 aromatic carbocycles. The SMILES string of the molecule is O=C1CN(C(=O)CSc2nnc([C@@H]3CCS(=O)(=O)C3)o2)C2(CCCCC2)C(=O)N1. The molecule has 3 heterocycles. The van der Waals surface area contributed by atoms with Crippen molar-refractivity contribution in [1.82, 2.24) is 20.4 Å². The number of imide groups is 1. The molecular weight excluding hydrogens is 420 g/mol. The second-order valence-electron chi connectivity index (χ2n) is 7.74. The van der Waals surface area contributed by atoms with Gasteiger partial charge in [-0.15, -0.1) is 10.2 Å². The number of piperazine rings is 1.